The van der Waals surface area contributed by atoms with Crippen molar-refractivity contribution in [3.8, 4) is 22.8 Å². The molecule has 4 aromatic heterocycles. The Kier molecular flexibility index (Phi) is 7.67. The number of amides is 1. The fourth-order valence-electron chi connectivity index (χ4n) is 7.28. The maximum absolute atomic E-state index is 13.5. The van der Waals surface area contributed by atoms with Crippen molar-refractivity contribution in [3.05, 3.63) is 40.1 Å². The van der Waals surface area contributed by atoms with Gasteiger partial charge in [-0.05, 0) is 57.6 Å². The summed E-state index contributed by atoms with van der Waals surface area (Å²) in [4.78, 5) is 47.0. The molecule has 0 bridgehead atoms. The summed E-state index contributed by atoms with van der Waals surface area (Å²) in [5.41, 5.74) is 2.96. The molecule has 0 radical (unpaired) electrons. The van der Waals surface area contributed by atoms with Gasteiger partial charge in [0.15, 0.2) is 0 Å². The molecule has 2 aliphatic heterocycles. The number of nitrogens with one attached hydrogen (secondary N) is 1. The van der Waals surface area contributed by atoms with E-state index in [2.05, 4.69) is 45.4 Å². The number of imidazole rings is 1. The van der Waals surface area contributed by atoms with Crippen molar-refractivity contribution < 1.29 is 14.1 Å². The highest BCUT2D eigenvalue weighted by Gasteiger charge is 2.46. The summed E-state index contributed by atoms with van der Waals surface area (Å²) in [5, 5.41) is 4.40. The number of aromatic amines is 1. The summed E-state index contributed by atoms with van der Waals surface area (Å²) in [7, 11) is 0. The van der Waals surface area contributed by atoms with Gasteiger partial charge in [0.2, 0.25) is 17.7 Å². The molecule has 1 saturated carbocycles. The number of carbonyl (C=O) groups is 1. The third kappa shape index (κ3) is 5.52. The summed E-state index contributed by atoms with van der Waals surface area (Å²) in [6.45, 7) is 11.6. The second-order valence-corrected chi connectivity index (χ2v) is 14.0. The molecule has 3 fully saturated rings. The molecule has 4 aromatic rings. The number of carbonyl (C=O) groups excluding carboxylic acids is 1. The number of aromatic nitrogens is 6. The summed E-state index contributed by atoms with van der Waals surface area (Å²) in [5.74, 6) is 1.78. The Balaban J connectivity index is 1.37. The highest BCUT2D eigenvalue weighted by atomic mass is 35.5. The minimum absolute atomic E-state index is 0.0137. The predicted octanol–water partition coefficient (Wildman–Crippen LogP) is 4.78. The van der Waals surface area contributed by atoms with Crippen molar-refractivity contribution in [2.45, 2.75) is 72.0 Å². The lowest BCUT2D eigenvalue weighted by Crippen LogP contribution is -2.63. The zero-order valence-corrected chi connectivity index (χ0v) is 26.9. The molecule has 12 nitrogen and oxygen atoms in total. The summed E-state index contributed by atoms with van der Waals surface area (Å²) >= 11 is 6.43. The van der Waals surface area contributed by atoms with Gasteiger partial charge in [-0.25, -0.2) is 14.8 Å². The Hall–Kier alpha value is -3.77. The molecule has 0 aromatic carbocycles. The number of hydrogen-bond acceptors (Lipinski definition) is 9. The first kappa shape index (κ1) is 29.9. The van der Waals surface area contributed by atoms with Gasteiger partial charge in [0.05, 0.1) is 40.4 Å². The van der Waals surface area contributed by atoms with E-state index >= 15 is 0 Å². The van der Waals surface area contributed by atoms with Gasteiger partial charge in [0.25, 0.3) is 0 Å². The van der Waals surface area contributed by atoms with E-state index in [0.29, 0.717) is 48.6 Å². The lowest BCUT2D eigenvalue weighted by atomic mass is 9.83. The maximum Gasteiger partial charge on any atom is 0.439 e. The van der Waals surface area contributed by atoms with Crippen LogP contribution in [0.1, 0.15) is 53.4 Å². The van der Waals surface area contributed by atoms with Crippen LogP contribution in [0.3, 0.4) is 0 Å². The van der Waals surface area contributed by atoms with Gasteiger partial charge in [-0.2, -0.15) is 0 Å². The molecule has 45 heavy (non-hydrogen) atoms. The topological polar surface area (TPSA) is 135 Å². The fourth-order valence-corrected chi connectivity index (χ4v) is 7.46. The van der Waals surface area contributed by atoms with Crippen LogP contribution in [0, 0.1) is 17.3 Å². The average Bonchev–Trinajstić information content (AvgIpc) is 3.59. The minimum Gasteiger partial charge on any atom is -0.379 e. The van der Waals surface area contributed by atoms with E-state index in [-0.39, 0.29) is 23.8 Å². The second kappa shape index (κ2) is 11.5. The first-order valence-corrected chi connectivity index (χ1v) is 16.2. The van der Waals surface area contributed by atoms with Gasteiger partial charge < -0.3 is 19.1 Å². The van der Waals surface area contributed by atoms with Gasteiger partial charge in [-0.1, -0.05) is 36.5 Å². The molecule has 1 aliphatic carbocycles. The highest BCUT2D eigenvalue weighted by molar-refractivity contribution is 6.30. The minimum atomic E-state index is -0.659. The molecule has 0 unspecified atom stereocenters. The number of fused-ring (bicyclic) bond motifs is 1. The number of anilines is 1. The first-order valence-electron chi connectivity index (χ1n) is 15.8. The lowest BCUT2D eigenvalue weighted by Gasteiger charge is -2.48. The molecule has 1 N–H and O–H groups in total. The summed E-state index contributed by atoms with van der Waals surface area (Å²) in [6, 6.07) is 3.71. The average molecular weight is 635 g/mol. The molecule has 7 rings (SSSR count). The summed E-state index contributed by atoms with van der Waals surface area (Å²) < 4.78 is 12.5. The van der Waals surface area contributed by atoms with E-state index in [0.717, 1.165) is 47.8 Å². The zero-order valence-electron chi connectivity index (χ0n) is 26.1. The SMILES string of the molecule is CC1CCC(Cn2c(N3[C@H](C)CN(C(=O)C4(C)COC4)C[C@H]3C)nc3cc(-c4noc(=O)[nH]4)nc(-c4cncc(Cl)c4)c32)CC1. The monoisotopic (exact) mass is 634 g/mol. The molecule has 6 heterocycles. The standard InChI is InChI=1S/C32H39ClN8O4/c1-18-5-7-21(8-6-18)15-40-27-24(10-25(28-37-31(43)45-38-28)35-26(27)22-9-23(33)12-34-11-22)36-30(40)41-19(2)13-39(14-20(41)3)29(42)32(4)16-44-17-32/h9-12,18-21H,5-8,13-17H2,1-4H3,(H,37,38,43)/t18?,19-,20-,21?/m1/s1. The molecule has 2 saturated heterocycles. The van der Waals surface area contributed by atoms with E-state index in [1.165, 1.54) is 12.8 Å². The van der Waals surface area contributed by atoms with Gasteiger partial charge in [-0.15, -0.1) is 0 Å². The largest absolute Gasteiger partial charge is 0.439 e. The zero-order chi connectivity index (χ0) is 31.5. The van der Waals surface area contributed by atoms with Crippen molar-refractivity contribution in [3.63, 3.8) is 0 Å². The Labute approximate surface area is 266 Å². The van der Waals surface area contributed by atoms with E-state index in [1.54, 1.807) is 12.4 Å². The third-order valence-electron chi connectivity index (χ3n) is 9.74. The van der Waals surface area contributed by atoms with Crippen molar-refractivity contribution in [1.29, 1.82) is 0 Å². The molecule has 0 spiro atoms. The molecular weight excluding hydrogens is 596 g/mol. The van der Waals surface area contributed by atoms with Gasteiger partial charge in [0, 0.05) is 49.7 Å². The number of ether oxygens (including phenoxy) is 1. The van der Waals surface area contributed by atoms with Crippen LogP contribution in [-0.2, 0) is 16.1 Å². The highest BCUT2D eigenvalue weighted by Crippen LogP contribution is 2.39. The number of halogens is 1. The van der Waals surface area contributed by atoms with Crippen molar-refractivity contribution >= 4 is 34.5 Å². The van der Waals surface area contributed by atoms with Gasteiger partial charge in [0.1, 0.15) is 5.69 Å². The van der Waals surface area contributed by atoms with Crippen LogP contribution in [0.15, 0.2) is 33.8 Å². The van der Waals surface area contributed by atoms with Crippen LogP contribution in [0.5, 0.6) is 0 Å². The number of piperazine rings is 1. The second-order valence-electron chi connectivity index (χ2n) is 13.6. The van der Waals surface area contributed by atoms with Crippen molar-refractivity contribution in [2.24, 2.45) is 17.3 Å². The van der Waals surface area contributed by atoms with E-state index in [4.69, 9.17) is 30.8 Å². The molecule has 1 amide bonds. The summed E-state index contributed by atoms with van der Waals surface area (Å²) in [6.07, 6.45) is 8.03. The molecular formula is C32H39ClN8O4. The first-order chi connectivity index (χ1) is 21.6. The normalized spacial score (nSPS) is 25.0. The molecule has 13 heteroatoms. The van der Waals surface area contributed by atoms with Crippen LogP contribution in [-0.4, -0.2) is 78.9 Å². The van der Waals surface area contributed by atoms with Crippen LogP contribution in [0.4, 0.5) is 5.95 Å². The number of hydrogen-bond donors (Lipinski definition) is 1. The molecule has 3 aliphatic rings. The number of nitrogens with zero attached hydrogens (tertiary/aromatic N) is 7. The van der Waals surface area contributed by atoms with Gasteiger partial charge >= 0.3 is 5.76 Å². The Morgan fingerprint density at radius 2 is 1.80 bits per heavy atom. The number of pyridine rings is 2. The molecule has 2 atom stereocenters. The van der Waals surface area contributed by atoms with Crippen LogP contribution < -0.4 is 10.7 Å². The van der Waals surface area contributed by atoms with Crippen LogP contribution in [0.25, 0.3) is 33.8 Å². The Morgan fingerprint density at radius 1 is 1.07 bits per heavy atom. The predicted molar refractivity (Wildman–Crippen MR) is 170 cm³/mol. The van der Waals surface area contributed by atoms with Crippen molar-refractivity contribution in [2.75, 3.05) is 31.2 Å². The van der Waals surface area contributed by atoms with Crippen LogP contribution >= 0.6 is 11.6 Å². The van der Waals surface area contributed by atoms with Gasteiger partial charge in [-0.3, -0.25) is 19.3 Å². The van der Waals surface area contributed by atoms with Crippen LogP contribution in [0.2, 0.25) is 5.02 Å². The quantitative estimate of drug-likeness (QED) is 0.318. The van der Waals surface area contributed by atoms with Crippen molar-refractivity contribution in [1.82, 2.24) is 34.6 Å². The molecule has 238 valence electrons. The third-order valence-corrected chi connectivity index (χ3v) is 9.94. The number of rotatable bonds is 6. The smallest absolute Gasteiger partial charge is 0.379 e. The Bertz CT molecular complexity index is 1780. The van der Waals surface area contributed by atoms with E-state index < -0.39 is 11.2 Å². The fraction of sp³-hybridized carbons (Fsp3) is 0.562. The number of H-pyrrole nitrogens is 1. The lowest BCUT2D eigenvalue weighted by molar-refractivity contribution is -0.170. The van der Waals surface area contributed by atoms with E-state index in [1.807, 2.05) is 24.0 Å². The van der Waals surface area contributed by atoms with E-state index in [9.17, 15) is 9.59 Å². The maximum atomic E-state index is 13.5. The Morgan fingerprint density at radius 3 is 2.42 bits per heavy atom.